The summed E-state index contributed by atoms with van der Waals surface area (Å²) in [5.41, 5.74) is 3.55. The SMILES string of the molecule is CCCN(CCC)c1ccc(CC(=O)NC(C)Cc2ccccc2)cc1.Cl. The second-order valence-electron chi connectivity index (χ2n) is 6.99. The monoisotopic (exact) mass is 388 g/mol. The molecule has 1 atom stereocenters. The number of nitrogens with one attached hydrogen (secondary N) is 1. The first-order valence-corrected chi connectivity index (χ1v) is 9.79. The van der Waals surface area contributed by atoms with Gasteiger partial charge in [0.15, 0.2) is 0 Å². The normalized spacial score (nSPS) is 11.4. The summed E-state index contributed by atoms with van der Waals surface area (Å²) >= 11 is 0. The quantitative estimate of drug-likeness (QED) is 0.619. The van der Waals surface area contributed by atoms with E-state index < -0.39 is 0 Å². The van der Waals surface area contributed by atoms with Gasteiger partial charge in [0, 0.05) is 24.8 Å². The molecule has 1 N–H and O–H groups in total. The number of halogens is 1. The minimum absolute atomic E-state index is 0. The third-order valence-electron chi connectivity index (χ3n) is 4.45. The molecule has 1 amide bonds. The van der Waals surface area contributed by atoms with Gasteiger partial charge in [-0.25, -0.2) is 0 Å². The number of carbonyl (C=O) groups excluding carboxylic acids is 1. The van der Waals surface area contributed by atoms with E-state index in [1.165, 1.54) is 11.3 Å². The van der Waals surface area contributed by atoms with Crippen molar-refractivity contribution in [2.45, 2.75) is 52.5 Å². The van der Waals surface area contributed by atoms with Gasteiger partial charge in [0.1, 0.15) is 0 Å². The number of rotatable bonds is 10. The molecule has 1 unspecified atom stereocenters. The average Bonchev–Trinajstić information content (AvgIpc) is 2.63. The van der Waals surface area contributed by atoms with Crippen molar-refractivity contribution in [1.29, 1.82) is 0 Å². The van der Waals surface area contributed by atoms with Crippen molar-refractivity contribution >= 4 is 24.0 Å². The van der Waals surface area contributed by atoms with E-state index >= 15 is 0 Å². The molecule has 148 valence electrons. The zero-order valence-corrected chi connectivity index (χ0v) is 17.6. The van der Waals surface area contributed by atoms with Gasteiger partial charge in [-0.15, -0.1) is 12.4 Å². The molecular weight excluding hydrogens is 356 g/mol. The molecule has 0 spiro atoms. The van der Waals surface area contributed by atoms with Gasteiger partial charge in [0.05, 0.1) is 6.42 Å². The summed E-state index contributed by atoms with van der Waals surface area (Å²) < 4.78 is 0. The summed E-state index contributed by atoms with van der Waals surface area (Å²) in [5.74, 6) is 0.0835. The average molecular weight is 389 g/mol. The Morgan fingerprint density at radius 2 is 1.52 bits per heavy atom. The Morgan fingerprint density at radius 3 is 2.07 bits per heavy atom. The van der Waals surface area contributed by atoms with E-state index in [1.54, 1.807) is 0 Å². The molecule has 2 aromatic rings. The number of amides is 1. The predicted octanol–water partition coefficient (Wildman–Crippen LogP) is 5.02. The minimum Gasteiger partial charge on any atom is -0.372 e. The van der Waals surface area contributed by atoms with E-state index in [1.807, 2.05) is 18.2 Å². The van der Waals surface area contributed by atoms with Gasteiger partial charge in [0.2, 0.25) is 5.91 Å². The predicted molar refractivity (Wildman–Crippen MR) is 118 cm³/mol. The van der Waals surface area contributed by atoms with Crippen LogP contribution in [0.15, 0.2) is 54.6 Å². The summed E-state index contributed by atoms with van der Waals surface area (Å²) in [6.07, 6.45) is 3.57. The van der Waals surface area contributed by atoms with E-state index in [-0.39, 0.29) is 24.4 Å². The lowest BCUT2D eigenvalue weighted by Gasteiger charge is -2.24. The molecular formula is C23H33ClN2O. The topological polar surface area (TPSA) is 32.3 Å². The van der Waals surface area contributed by atoms with Crippen molar-refractivity contribution < 1.29 is 4.79 Å². The van der Waals surface area contributed by atoms with Gasteiger partial charge in [-0.2, -0.15) is 0 Å². The van der Waals surface area contributed by atoms with Crippen LogP contribution in [0.3, 0.4) is 0 Å². The van der Waals surface area contributed by atoms with Crippen molar-refractivity contribution in [3.05, 3.63) is 65.7 Å². The Bertz CT molecular complexity index is 652. The van der Waals surface area contributed by atoms with E-state index in [0.29, 0.717) is 6.42 Å². The highest BCUT2D eigenvalue weighted by molar-refractivity contribution is 5.85. The van der Waals surface area contributed by atoms with Gasteiger partial charge < -0.3 is 10.2 Å². The molecule has 0 aliphatic carbocycles. The zero-order chi connectivity index (χ0) is 18.8. The minimum atomic E-state index is 0. The molecule has 0 radical (unpaired) electrons. The Labute approximate surface area is 170 Å². The number of anilines is 1. The van der Waals surface area contributed by atoms with Crippen LogP contribution in [0, 0.1) is 0 Å². The summed E-state index contributed by atoms with van der Waals surface area (Å²) in [6, 6.07) is 18.8. The highest BCUT2D eigenvalue weighted by atomic mass is 35.5. The highest BCUT2D eigenvalue weighted by Gasteiger charge is 2.10. The van der Waals surface area contributed by atoms with Crippen LogP contribution in [0.1, 0.15) is 44.7 Å². The maximum absolute atomic E-state index is 12.3. The summed E-state index contributed by atoms with van der Waals surface area (Å²) in [7, 11) is 0. The standard InChI is InChI=1S/C23H32N2O.ClH/c1-4-15-25(16-5-2)22-13-11-21(12-14-22)18-23(26)24-19(3)17-20-9-7-6-8-10-20;/h6-14,19H,4-5,15-18H2,1-3H3,(H,24,26);1H. The van der Waals surface area contributed by atoms with Gasteiger partial charge in [-0.05, 0) is 49.4 Å². The van der Waals surface area contributed by atoms with Crippen LogP contribution in [0.2, 0.25) is 0 Å². The second-order valence-corrected chi connectivity index (χ2v) is 6.99. The molecule has 27 heavy (non-hydrogen) atoms. The van der Waals surface area contributed by atoms with Crippen molar-refractivity contribution in [3.8, 4) is 0 Å². The number of benzene rings is 2. The first-order valence-electron chi connectivity index (χ1n) is 9.79. The fourth-order valence-electron chi connectivity index (χ4n) is 3.26. The van der Waals surface area contributed by atoms with Crippen LogP contribution < -0.4 is 10.2 Å². The Hall–Kier alpha value is -2.00. The smallest absolute Gasteiger partial charge is 0.224 e. The molecule has 0 bridgehead atoms. The molecule has 0 fully saturated rings. The Kier molecular flexibility index (Phi) is 10.6. The molecule has 0 saturated heterocycles. The summed E-state index contributed by atoms with van der Waals surface area (Å²) in [6.45, 7) is 8.62. The number of nitrogens with zero attached hydrogens (tertiary/aromatic N) is 1. The van der Waals surface area contributed by atoms with Gasteiger partial charge in [-0.3, -0.25) is 4.79 Å². The van der Waals surface area contributed by atoms with Gasteiger partial charge in [0.25, 0.3) is 0 Å². The number of hydrogen-bond acceptors (Lipinski definition) is 2. The molecule has 0 saturated carbocycles. The van der Waals surface area contributed by atoms with Crippen LogP contribution in [0.5, 0.6) is 0 Å². The van der Waals surface area contributed by atoms with E-state index in [0.717, 1.165) is 37.9 Å². The first-order chi connectivity index (χ1) is 12.6. The number of carbonyl (C=O) groups is 1. The zero-order valence-electron chi connectivity index (χ0n) is 16.8. The fraction of sp³-hybridized carbons (Fsp3) is 0.435. The lowest BCUT2D eigenvalue weighted by atomic mass is 10.1. The summed E-state index contributed by atoms with van der Waals surface area (Å²) in [5, 5.41) is 3.11. The molecule has 3 nitrogen and oxygen atoms in total. The van der Waals surface area contributed by atoms with E-state index in [4.69, 9.17) is 0 Å². The van der Waals surface area contributed by atoms with Gasteiger partial charge >= 0.3 is 0 Å². The lowest BCUT2D eigenvalue weighted by Crippen LogP contribution is -2.35. The third-order valence-corrected chi connectivity index (χ3v) is 4.45. The molecule has 4 heteroatoms. The van der Waals surface area contributed by atoms with Crippen molar-refractivity contribution in [1.82, 2.24) is 5.32 Å². The van der Waals surface area contributed by atoms with Crippen LogP contribution in [-0.2, 0) is 17.6 Å². The van der Waals surface area contributed by atoms with Crippen molar-refractivity contribution in [2.75, 3.05) is 18.0 Å². The second kappa shape index (κ2) is 12.4. The molecule has 0 heterocycles. The fourth-order valence-corrected chi connectivity index (χ4v) is 3.26. The summed E-state index contributed by atoms with van der Waals surface area (Å²) in [4.78, 5) is 14.7. The van der Waals surface area contributed by atoms with Crippen LogP contribution in [0.25, 0.3) is 0 Å². The molecule has 0 aromatic heterocycles. The van der Waals surface area contributed by atoms with Crippen molar-refractivity contribution in [2.24, 2.45) is 0 Å². The van der Waals surface area contributed by atoms with E-state index in [2.05, 4.69) is 67.4 Å². The Balaban J connectivity index is 0.00000364. The molecule has 2 rings (SSSR count). The molecule has 0 aliphatic heterocycles. The maximum Gasteiger partial charge on any atom is 0.224 e. The first kappa shape index (κ1) is 23.0. The largest absolute Gasteiger partial charge is 0.372 e. The van der Waals surface area contributed by atoms with Crippen LogP contribution in [0.4, 0.5) is 5.69 Å². The van der Waals surface area contributed by atoms with Gasteiger partial charge in [-0.1, -0.05) is 56.3 Å². The molecule has 2 aromatic carbocycles. The lowest BCUT2D eigenvalue weighted by molar-refractivity contribution is -0.121. The third kappa shape index (κ3) is 8.04. The Morgan fingerprint density at radius 1 is 0.926 bits per heavy atom. The number of hydrogen-bond donors (Lipinski definition) is 1. The van der Waals surface area contributed by atoms with Crippen LogP contribution >= 0.6 is 12.4 Å². The van der Waals surface area contributed by atoms with Crippen molar-refractivity contribution in [3.63, 3.8) is 0 Å². The highest BCUT2D eigenvalue weighted by Crippen LogP contribution is 2.16. The maximum atomic E-state index is 12.3. The van der Waals surface area contributed by atoms with Crippen LogP contribution in [-0.4, -0.2) is 25.0 Å². The van der Waals surface area contributed by atoms with E-state index in [9.17, 15) is 4.79 Å². The molecule has 0 aliphatic rings.